The van der Waals surface area contributed by atoms with E-state index in [2.05, 4.69) is 90.6 Å². The summed E-state index contributed by atoms with van der Waals surface area (Å²) in [6.07, 6.45) is 0.771. The Labute approximate surface area is 195 Å². The Morgan fingerprint density at radius 2 is 1.39 bits per heavy atom. The highest BCUT2D eigenvalue weighted by molar-refractivity contribution is 5.76. The van der Waals surface area contributed by atoms with Crippen molar-refractivity contribution < 1.29 is 9.47 Å². The van der Waals surface area contributed by atoms with Gasteiger partial charge in [0.1, 0.15) is 6.79 Å². The van der Waals surface area contributed by atoms with Gasteiger partial charge in [-0.1, -0.05) is 71.8 Å². The number of nitrogens with zero attached hydrogens (tertiary/aromatic N) is 2. The van der Waals surface area contributed by atoms with Gasteiger partial charge in [0.05, 0.1) is 29.7 Å². The Balaban J connectivity index is 1.81. The molecule has 1 heterocycles. The first-order valence-electron chi connectivity index (χ1n) is 11.4. The van der Waals surface area contributed by atoms with Crippen molar-refractivity contribution in [3.63, 3.8) is 0 Å². The summed E-state index contributed by atoms with van der Waals surface area (Å²) in [6, 6.07) is 25.5. The van der Waals surface area contributed by atoms with Gasteiger partial charge in [-0.3, -0.25) is 5.41 Å². The van der Waals surface area contributed by atoms with Crippen molar-refractivity contribution >= 4 is 11.0 Å². The molecule has 0 saturated carbocycles. The van der Waals surface area contributed by atoms with Crippen LogP contribution in [0.5, 0.6) is 0 Å². The molecule has 0 aliphatic heterocycles. The average Bonchev–Trinajstić information content (AvgIpc) is 3.11. The maximum Gasteiger partial charge on any atom is 0.203 e. The molecule has 0 radical (unpaired) electrons. The molecule has 0 aliphatic carbocycles. The van der Waals surface area contributed by atoms with Crippen molar-refractivity contribution in [2.24, 2.45) is 0 Å². The minimum Gasteiger partial charge on any atom is -0.359 e. The number of methoxy groups -OCH3 is 1. The number of para-hydroxylation sites is 2. The lowest BCUT2D eigenvalue weighted by molar-refractivity contribution is -0.0416. The Hall–Kier alpha value is -3.15. The van der Waals surface area contributed by atoms with Gasteiger partial charge in [-0.2, -0.15) is 0 Å². The zero-order chi connectivity index (χ0) is 23.4. The van der Waals surface area contributed by atoms with Crippen LogP contribution in [0.2, 0.25) is 0 Å². The van der Waals surface area contributed by atoms with Gasteiger partial charge < -0.3 is 18.6 Å². The third kappa shape index (κ3) is 4.95. The van der Waals surface area contributed by atoms with Crippen LogP contribution < -0.4 is 5.62 Å². The van der Waals surface area contributed by atoms with Crippen molar-refractivity contribution in [3.05, 3.63) is 101 Å². The van der Waals surface area contributed by atoms with Gasteiger partial charge in [0.15, 0.2) is 0 Å². The van der Waals surface area contributed by atoms with Crippen molar-refractivity contribution in [2.75, 3.05) is 20.5 Å². The molecule has 172 valence electrons. The summed E-state index contributed by atoms with van der Waals surface area (Å²) in [5, 5.41) is 9.25. The summed E-state index contributed by atoms with van der Waals surface area (Å²) in [7, 11) is 1.63. The molecule has 0 aliphatic rings. The van der Waals surface area contributed by atoms with E-state index < -0.39 is 0 Å². The molecule has 33 heavy (non-hydrogen) atoms. The monoisotopic (exact) mass is 443 g/mol. The van der Waals surface area contributed by atoms with Gasteiger partial charge in [0.2, 0.25) is 5.62 Å². The Morgan fingerprint density at radius 1 is 0.818 bits per heavy atom. The number of rotatable bonds is 9. The predicted molar refractivity (Wildman–Crippen MR) is 133 cm³/mol. The maximum atomic E-state index is 9.25. The van der Waals surface area contributed by atoms with Crippen LogP contribution in [0.15, 0.2) is 72.8 Å². The second-order valence-corrected chi connectivity index (χ2v) is 8.76. The molecular weight excluding hydrogens is 410 g/mol. The second-order valence-electron chi connectivity index (χ2n) is 8.76. The number of hydrogen-bond acceptors (Lipinski definition) is 3. The number of benzene rings is 3. The maximum absolute atomic E-state index is 9.25. The zero-order valence-electron chi connectivity index (χ0n) is 19.9. The van der Waals surface area contributed by atoms with Crippen LogP contribution in [0.25, 0.3) is 11.0 Å². The lowest BCUT2D eigenvalue weighted by Crippen LogP contribution is -2.32. The topological polar surface area (TPSA) is 52.2 Å². The fourth-order valence-corrected chi connectivity index (χ4v) is 4.46. The quantitative estimate of drug-likeness (QED) is 0.272. The molecule has 0 amide bonds. The fourth-order valence-electron chi connectivity index (χ4n) is 4.46. The standard InChI is InChI=1S/C28H33N3O2/c1-20-9-13-23(14-10-20)17-25(18-33-19-32-4)31-27-8-6-5-7-26(27)30(28(31)29)22(3)24-15-11-21(2)12-16-24/h5-16,22,25,29H,17-19H2,1-4H3. The summed E-state index contributed by atoms with van der Waals surface area (Å²) in [5.41, 5.74) is 7.45. The average molecular weight is 444 g/mol. The van der Waals surface area contributed by atoms with Gasteiger partial charge in [0, 0.05) is 7.11 Å². The predicted octanol–water partition coefficient (Wildman–Crippen LogP) is 5.55. The van der Waals surface area contributed by atoms with E-state index in [1.807, 2.05) is 12.1 Å². The number of imidazole rings is 1. The van der Waals surface area contributed by atoms with Gasteiger partial charge in [-0.25, -0.2) is 0 Å². The van der Waals surface area contributed by atoms with E-state index in [4.69, 9.17) is 9.47 Å². The fraction of sp³-hybridized carbons (Fsp3) is 0.321. The number of fused-ring (bicyclic) bond motifs is 1. The number of aryl methyl sites for hydroxylation is 2. The van der Waals surface area contributed by atoms with Crippen molar-refractivity contribution in [2.45, 2.75) is 39.3 Å². The van der Waals surface area contributed by atoms with E-state index in [0.29, 0.717) is 12.2 Å². The van der Waals surface area contributed by atoms with Crippen LogP contribution in [0, 0.1) is 19.3 Å². The Kier molecular flexibility index (Phi) is 7.11. The highest BCUT2D eigenvalue weighted by atomic mass is 16.7. The van der Waals surface area contributed by atoms with Gasteiger partial charge in [-0.15, -0.1) is 0 Å². The molecule has 5 nitrogen and oxygen atoms in total. The smallest absolute Gasteiger partial charge is 0.203 e. The molecule has 0 saturated heterocycles. The van der Waals surface area contributed by atoms with Crippen LogP contribution >= 0.6 is 0 Å². The molecule has 0 bridgehead atoms. The molecule has 1 aromatic heterocycles. The van der Waals surface area contributed by atoms with Crippen LogP contribution in [0.3, 0.4) is 0 Å². The first-order valence-corrected chi connectivity index (χ1v) is 11.4. The van der Waals surface area contributed by atoms with Crippen LogP contribution in [0.4, 0.5) is 0 Å². The Morgan fingerprint density at radius 3 is 2.00 bits per heavy atom. The number of ether oxygens (including phenoxy) is 2. The van der Waals surface area contributed by atoms with E-state index in [-0.39, 0.29) is 18.9 Å². The molecule has 3 aromatic carbocycles. The number of aromatic nitrogens is 2. The first kappa shape index (κ1) is 23.0. The highest BCUT2D eigenvalue weighted by Crippen LogP contribution is 2.26. The van der Waals surface area contributed by atoms with E-state index in [0.717, 1.165) is 17.5 Å². The molecule has 0 spiro atoms. The highest BCUT2D eigenvalue weighted by Gasteiger charge is 2.22. The first-order chi connectivity index (χ1) is 16.0. The molecule has 0 fully saturated rings. The van der Waals surface area contributed by atoms with Crippen LogP contribution in [-0.4, -0.2) is 29.6 Å². The summed E-state index contributed by atoms with van der Waals surface area (Å²) in [4.78, 5) is 0. The zero-order valence-corrected chi connectivity index (χ0v) is 19.9. The molecule has 2 unspecified atom stereocenters. The van der Waals surface area contributed by atoms with Gasteiger partial charge in [-0.05, 0) is 50.5 Å². The molecular formula is C28H33N3O2. The van der Waals surface area contributed by atoms with Crippen molar-refractivity contribution in [1.29, 1.82) is 5.41 Å². The van der Waals surface area contributed by atoms with E-state index >= 15 is 0 Å². The number of hydrogen-bond donors (Lipinski definition) is 1. The largest absolute Gasteiger partial charge is 0.359 e. The molecule has 2 atom stereocenters. The third-order valence-corrected chi connectivity index (χ3v) is 6.27. The van der Waals surface area contributed by atoms with Gasteiger partial charge in [0.25, 0.3) is 0 Å². The van der Waals surface area contributed by atoms with E-state index in [1.54, 1.807) is 7.11 Å². The third-order valence-electron chi connectivity index (χ3n) is 6.27. The summed E-state index contributed by atoms with van der Waals surface area (Å²) >= 11 is 0. The second kappa shape index (κ2) is 10.2. The Bertz CT molecular complexity index is 1250. The van der Waals surface area contributed by atoms with Crippen LogP contribution in [-0.2, 0) is 15.9 Å². The number of nitrogens with one attached hydrogen (secondary N) is 1. The van der Waals surface area contributed by atoms with Gasteiger partial charge >= 0.3 is 0 Å². The minimum atomic E-state index is -0.0354. The lowest BCUT2D eigenvalue weighted by atomic mass is 10.0. The summed E-state index contributed by atoms with van der Waals surface area (Å²) in [6.45, 7) is 7.05. The summed E-state index contributed by atoms with van der Waals surface area (Å²) < 4.78 is 15.2. The normalized spacial score (nSPS) is 13.3. The van der Waals surface area contributed by atoms with E-state index in [9.17, 15) is 5.41 Å². The van der Waals surface area contributed by atoms with Crippen LogP contribution in [0.1, 0.15) is 41.3 Å². The van der Waals surface area contributed by atoms with Crippen molar-refractivity contribution in [1.82, 2.24) is 9.13 Å². The lowest BCUT2D eigenvalue weighted by Gasteiger charge is -2.21. The molecule has 5 heteroatoms. The minimum absolute atomic E-state index is 0.0316. The summed E-state index contributed by atoms with van der Waals surface area (Å²) in [5.74, 6) is 0. The molecule has 1 N–H and O–H groups in total. The molecule has 4 rings (SSSR count). The van der Waals surface area contributed by atoms with Crippen molar-refractivity contribution in [3.8, 4) is 0 Å². The molecule has 4 aromatic rings. The SMILES string of the molecule is COCOCC(Cc1ccc(C)cc1)n1c(=N)n(C(C)c2ccc(C)cc2)c2ccccc21. The van der Waals surface area contributed by atoms with E-state index in [1.165, 1.54) is 22.3 Å².